The Morgan fingerprint density at radius 1 is 1.04 bits per heavy atom. The second-order valence-corrected chi connectivity index (χ2v) is 16.6. The molecular formula is C41H56F3N7O6. The zero-order chi connectivity index (χ0) is 41.7. The van der Waals surface area contributed by atoms with Crippen LogP contribution in [-0.2, 0) is 25.3 Å². The van der Waals surface area contributed by atoms with Crippen LogP contribution in [0.5, 0.6) is 0 Å². The molecule has 3 N–H and O–H groups in total. The minimum atomic E-state index is -4.53. The molecule has 16 heteroatoms. The first-order chi connectivity index (χ1) is 26.9. The summed E-state index contributed by atoms with van der Waals surface area (Å²) in [7, 11) is 2.10. The minimum Gasteiger partial charge on any atom is -0.483 e. The molecule has 0 spiro atoms. The number of carboxylic acid groups (broad SMARTS) is 1. The highest BCUT2D eigenvalue weighted by molar-refractivity contribution is 5.93. The number of rotatable bonds is 8. The number of nitrogens with one attached hydrogen (secondary N) is 2. The molecule has 2 fully saturated rings. The molecule has 2 aromatic rings. The molecule has 312 valence electrons. The van der Waals surface area contributed by atoms with E-state index in [4.69, 9.17) is 14.6 Å². The summed E-state index contributed by atoms with van der Waals surface area (Å²) in [6, 6.07) is 2.74. The van der Waals surface area contributed by atoms with Gasteiger partial charge in [0.2, 0.25) is 11.8 Å². The molecule has 13 nitrogen and oxygen atoms in total. The first-order valence-electron chi connectivity index (χ1n) is 19.8. The predicted octanol–water partition coefficient (Wildman–Crippen LogP) is 6.40. The van der Waals surface area contributed by atoms with Gasteiger partial charge in [-0.2, -0.15) is 13.2 Å². The first kappa shape index (κ1) is 43.4. The van der Waals surface area contributed by atoms with Gasteiger partial charge in [-0.05, 0) is 122 Å². The maximum Gasteiger partial charge on any atom is 0.416 e. The predicted molar refractivity (Wildman–Crippen MR) is 209 cm³/mol. The Morgan fingerprint density at radius 3 is 2.37 bits per heavy atom. The molecule has 1 saturated heterocycles. The van der Waals surface area contributed by atoms with Crippen molar-refractivity contribution in [2.45, 2.75) is 128 Å². The smallest absolute Gasteiger partial charge is 0.416 e. The molecule has 1 aromatic heterocycles. The fraction of sp³-hybridized carbons (Fsp3) is 0.610. The number of halogens is 3. The molecule has 2 aliphatic heterocycles. The number of alkyl halides is 3. The van der Waals surface area contributed by atoms with E-state index >= 15 is 0 Å². The summed E-state index contributed by atoms with van der Waals surface area (Å²) in [6.45, 7) is 11.2. The van der Waals surface area contributed by atoms with Crippen molar-refractivity contribution in [3.05, 3.63) is 53.4 Å². The molecule has 3 heterocycles. The van der Waals surface area contributed by atoms with Crippen molar-refractivity contribution in [2.75, 3.05) is 32.0 Å². The molecule has 6 rings (SSSR count). The zero-order valence-corrected chi connectivity index (χ0v) is 33.6. The van der Waals surface area contributed by atoms with Gasteiger partial charge in [0.05, 0.1) is 23.2 Å². The summed E-state index contributed by atoms with van der Waals surface area (Å²) in [6.07, 6.45) is 6.35. The molecule has 1 unspecified atom stereocenters. The number of ether oxygens (including phenoxy) is 1. The van der Waals surface area contributed by atoms with Crippen LogP contribution in [0.2, 0.25) is 0 Å². The van der Waals surface area contributed by atoms with Crippen LogP contribution in [0, 0.1) is 5.92 Å². The summed E-state index contributed by atoms with van der Waals surface area (Å²) >= 11 is 0. The average molecular weight is 800 g/mol. The van der Waals surface area contributed by atoms with Gasteiger partial charge in [-0.1, -0.05) is 12.2 Å². The standard InChI is InChI=1S/C40H54F3N7O4.CH2O2/c1-24(2)48(6)29-12-14-34(50-20-17-32(37(50)52)46-35-30-21-28(40(41,42)43)11-13-31(30)44-23-45-35)33(22-29)47-36(51)27-9-7-25(8-10-27)26-15-18-49(19-16-26)38(53)54-39(3,4)5;2-1-3/h7,11,13,15,21,23-24,27,29,32-34H,8-10,12,14,16-20,22H2,1-6H3,(H,47,51)(H,44,45,46);1H,(H,2,3)/t27?,29-,32+,33-,34+;/m1./s1. The Labute approximate surface area is 332 Å². The third-order valence-corrected chi connectivity index (χ3v) is 11.5. The van der Waals surface area contributed by atoms with E-state index in [0.717, 1.165) is 44.2 Å². The number of allylic oxidation sites excluding steroid dienone is 2. The summed E-state index contributed by atoms with van der Waals surface area (Å²) < 4.78 is 46.1. The minimum absolute atomic E-state index is 0.00359. The Morgan fingerprint density at radius 2 is 1.75 bits per heavy atom. The van der Waals surface area contributed by atoms with Gasteiger partial charge in [-0.3, -0.25) is 14.4 Å². The Balaban J connectivity index is 0.00000200. The van der Waals surface area contributed by atoms with Crippen LogP contribution < -0.4 is 10.6 Å². The van der Waals surface area contributed by atoms with Crippen molar-refractivity contribution in [3.63, 3.8) is 0 Å². The summed E-state index contributed by atoms with van der Waals surface area (Å²) in [5, 5.41) is 13.6. The van der Waals surface area contributed by atoms with Crippen molar-refractivity contribution in [2.24, 2.45) is 5.92 Å². The number of carbonyl (C=O) groups is 4. The fourth-order valence-electron chi connectivity index (χ4n) is 8.25. The van der Waals surface area contributed by atoms with Crippen LogP contribution in [-0.4, -0.2) is 117 Å². The van der Waals surface area contributed by atoms with E-state index in [1.54, 1.807) is 4.90 Å². The van der Waals surface area contributed by atoms with E-state index in [0.29, 0.717) is 50.5 Å². The monoisotopic (exact) mass is 799 g/mol. The molecule has 2 aliphatic carbocycles. The van der Waals surface area contributed by atoms with Gasteiger partial charge in [-0.25, -0.2) is 14.8 Å². The van der Waals surface area contributed by atoms with E-state index in [1.165, 1.54) is 23.5 Å². The highest BCUT2D eigenvalue weighted by atomic mass is 19.4. The SMILES string of the molecule is CC(C)N(C)[C@@H]1CC[C@H](N2CC[C@H](Nc3ncnc4ccc(C(F)(F)F)cc34)C2=O)[C@H](NC(=O)C2CC=C(C3=CCN(C(=O)OC(C)(C)C)CC3)CC2)C1.O=CO. The fourth-order valence-corrected chi connectivity index (χ4v) is 8.25. The summed E-state index contributed by atoms with van der Waals surface area (Å²) in [4.78, 5) is 63.1. The topological polar surface area (TPSA) is 157 Å². The van der Waals surface area contributed by atoms with E-state index in [9.17, 15) is 27.6 Å². The van der Waals surface area contributed by atoms with Gasteiger partial charge in [0.15, 0.2) is 0 Å². The van der Waals surface area contributed by atoms with Crippen molar-refractivity contribution < 1.29 is 42.2 Å². The van der Waals surface area contributed by atoms with Gasteiger partial charge >= 0.3 is 12.3 Å². The highest BCUT2D eigenvalue weighted by Gasteiger charge is 2.44. The van der Waals surface area contributed by atoms with Crippen LogP contribution in [0.15, 0.2) is 47.8 Å². The van der Waals surface area contributed by atoms with Gasteiger partial charge in [0.25, 0.3) is 6.47 Å². The maximum atomic E-state index is 14.0. The number of carbonyl (C=O) groups excluding carboxylic acids is 3. The molecule has 0 bridgehead atoms. The van der Waals surface area contributed by atoms with Crippen molar-refractivity contribution in [1.82, 2.24) is 30.0 Å². The zero-order valence-electron chi connectivity index (χ0n) is 33.6. The maximum absolute atomic E-state index is 14.0. The Bertz CT molecular complexity index is 1840. The van der Waals surface area contributed by atoms with Crippen LogP contribution in [0.1, 0.15) is 91.5 Å². The van der Waals surface area contributed by atoms with Crippen LogP contribution in [0.4, 0.5) is 23.8 Å². The number of fused-ring (bicyclic) bond motifs is 1. The van der Waals surface area contributed by atoms with Gasteiger partial charge < -0.3 is 35.2 Å². The molecule has 1 saturated carbocycles. The molecule has 0 radical (unpaired) electrons. The molecule has 5 atom stereocenters. The van der Waals surface area contributed by atoms with E-state index in [-0.39, 0.29) is 59.6 Å². The second-order valence-electron chi connectivity index (χ2n) is 16.6. The van der Waals surface area contributed by atoms with Gasteiger partial charge in [-0.15, -0.1) is 0 Å². The Kier molecular flexibility index (Phi) is 13.9. The van der Waals surface area contributed by atoms with E-state index < -0.39 is 23.4 Å². The van der Waals surface area contributed by atoms with Crippen LogP contribution >= 0.6 is 0 Å². The van der Waals surface area contributed by atoms with Crippen molar-refractivity contribution >= 4 is 41.1 Å². The van der Waals surface area contributed by atoms with Gasteiger partial charge in [0.1, 0.15) is 23.8 Å². The van der Waals surface area contributed by atoms with Crippen LogP contribution in [0.3, 0.4) is 0 Å². The molecule has 1 aromatic carbocycles. The number of benzene rings is 1. The molecule has 3 amide bonds. The Hall–Kier alpha value is -4.73. The third kappa shape index (κ3) is 10.8. The van der Waals surface area contributed by atoms with Crippen LogP contribution in [0.25, 0.3) is 10.9 Å². The average Bonchev–Trinajstić information content (AvgIpc) is 3.52. The van der Waals surface area contributed by atoms with E-state index in [2.05, 4.69) is 58.5 Å². The largest absolute Gasteiger partial charge is 0.483 e. The number of anilines is 1. The summed E-state index contributed by atoms with van der Waals surface area (Å²) in [5.41, 5.74) is 1.47. The number of aromatic nitrogens is 2. The number of hydrogen-bond acceptors (Lipinski definition) is 9. The lowest BCUT2D eigenvalue weighted by atomic mass is 9.82. The number of amides is 3. The van der Waals surface area contributed by atoms with E-state index in [1.807, 2.05) is 25.7 Å². The second kappa shape index (κ2) is 18.2. The highest BCUT2D eigenvalue weighted by Crippen LogP contribution is 2.36. The van der Waals surface area contributed by atoms with Gasteiger partial charge in [0, 0.05) is 43.0 Å². The number of nitrogens with zero attached hydrogens (tertiary/aromatic N) is 5. The number of hydrogen-bond donors (Lipinski definition) is 3. The normalized spacial score (nSPS) is 24.4. The van der Waals surface area contributed by atoms with Crippen molar-refractivity contribution in [3.8, 4) is 0 Å². The first-order valence-corrected chi connectivity index (χ1v) is 19.8. The quantitative estimate of drug-likeness (QED) is 0.255. The molecule has 4 aliphatic rings. The third-order valence-electron chi connectivity index (χ3n) is 11.5. The molecule has 57 heavy (non-hydrogen) atoms. The molecular weight excluding hydrogens is 743 g/mol. The lowest BCUT2D eigenvalue weighted by Crippen LogP contribution is -2.59. The number of likely N-dealkylation sites (tertiary alicyclic amines) is 1. The lowest BCUT2D eigenvalue weighted by Gasteiger charge is -2.45. The summed E-state index contributed by atoms with van der Waals surface area (Å²) in [5.74, 6) is -0.148. The lowest BCUT2D eigenvalue weighted by molar-refractivity contribution is -0.137. The van der Waals surface area contributed by atoms with Crippen molar-refractivity contribution in [1.29, 1.82) is 0 Å².